The lowest BCUT2D eigenvalue weighted by Gasteiger charge is -2.13. The minimum absolute atomic E-state index is 0.748. The molecule has 78 valence electrons. The highest BCUT2D eigenvalue weighted by Crippen LogP contribution is 2.18. The van der Waals surface area contributed by atoms with Gasteiger partial charge in [0.2, 0.25) is 0 Å². The fourth-order valence-electron chi connectivity index (χ4n) is 1.43. The van der Waals surface area contributed by atoms with Crippen LogP contribution in [0.25, 0.3) is 0 Å². The Morgan fingerprint density at radius 3 is 2.73 bits per heavy atom. The molecule has 0 bridgehead atoms. The first-order valence-electron chi connectivity index (χ1n) is 4.71. The number of halogens is 1. The van der Waals surface area contributed by atoms with Crippen molar-refractivity contribution in [3.05, 3.63) is 34.9 Å². The van der Waals surface area contributed by atoms with Gasteiger partial charge in [-0.2, -0.15) is 0 Å². The number of thioether (sulfide) groups is 1. The Bertz CT molecular complexity index is 409. The zero-order chi connectivity index (χ0) is 10.7. The summed E-state index contributed by atoms with van der Waals surface area (Å²) in [5, 5.41) is 1.77. The maximum atomic E-state index is 5.85. The molecule has 0 spiro atoms. The van der Waals surface area contributed by atoms with Crippen LogP contribution in [-0.4, -0.2) is 30.1 Å². The van der Waals surface area contributed by atoms with Gasteiger partial charge < -0.3 is 0 Å². The number of benzene rings is 1. The number of hydrogen-bond acceptors (Lipinski definition) is 3. The normalized spacial score (nSPS) is 19.1. The van der Waals surface area contributed by atoms with Crippen molar-refractivity contribution in [3.8, 4) is 0 Å². The van der Waals surface area contributed by atoms with Gasteiger partial charge in [0.05, 0.1) is 5.71 Å². The van der Waals surface area contributed by atoms with Crippen molar-refractivity contribution in [2.24, 2.45) is 9.98 Å². The van der Waals surface area contributed by atoms with E-state index in [9.17, 15) is 0 Å². The van der Waals surface area contributed by atoms with Crippen LogP contribution in [0.5, 0.6) is 0 Å². The second kappa shape index (κ2) is 4.81. The van der Waals surface area contributed by atoms with Crippen molar-refractivity contribution in [3.63, 3.8) is 0 Å². The maximum Gasteiger partial charge on any atom is 0.116 e. The summed E-state index contributed by atoms with van der Waals surface area (Å²) in [5.74, 6) is 1.02. The molecule has 1 aromatic rings. The first-order valence-corrected chi connectivity index (χ1v) is 6.08. The summed E-state index contributed by atoms with van der Waals surface area (Å²) in [4.78, 5) is 8.75. The third-order valence-corrected chi connectivity index (χ3v) is 3.41. The van der Waals surface area contributed by atoms with E-state index in [2.05, 4.69) is 9.98 Å². The Morgan fingerprint density at radius 1 is 1.33 bits per heavy atom. The van der Waals surface area contributed by atoms with Crippen LogP contribution >= 0.6 is 23.4 Å². The van der Waals surface area contributed by atoms with E-state index in [0.29, 0.717) is 0 Å². The molecule has 2 nitrogen and oxygen atoms in total. The second-order valence-electron chi connectivity index (χ2n) is 3.11. The van der Waals surface area contributed by atoms with Crippen molar-refractivity contribution in [2.45, 2.75) is 0 Å². The van der Waals surface area contributed by atoms with E-state index in [1.807, 2.05) is 24.3 Å². The van der Waals surface area contributed by atoms with E-state index >= 15 is 0 Å². The molecule has 0 unspecified atom stereocenters. The molecular weight excluding hydrogens is 228 g/mol. The van der Waals surface area contributed by atoms with Gasteiger partial charge in [-0.25, -0.2) is 0 Å². The molecule has 0 aromatic heterocycles. The van der Waals surface area contributed by atoms with E-state index in [4.69, 9.17) is 11.6 Å². The predicted octanol–water partition coefficient (Wildman–Crippen LogP) is 2.90. The molecule has 0 atom stereocenters. The molecule has 2 rings (SSSR count). The minimum atomic E-state index is 0.748. The molecule has 0 amide bonds. The monoisotopic (exact) mass is 238 g/mol. The number of nitrogens with zero attached hydrogens (tertiary/aromatic N) is 2. The Morgan fingerprint density at radius 2 is 2.07 bits per heavy atom. The molecule has 15 heavy (non-hydrogen) atoms. The quantitative estimate of drug-likeness (QED) is 0.739. The average Bonchev–Trinajstić information content (AvgIpc) is 2.30. The third kappa shape index (κ3) is 2.41. The molecule has 1 aliphatic rings. The molecule has 0 saturated heterocycles. The average molecular weight is 239 g/mol. The Kier molecular flexibility index (Phi) is 3.44. The number of aliphatic imine (C=N–C) groups is 2. The zero-order valence-electron chi connectivity index (χ0n) is 8.40. The highest BCUT2D eigenvalue weighted by molar-refractivity contribution is 8.15. The first kappa shape index (κ1) is 10.7. The van der Waals surface area contributed by atoms with Gasteiger partial charge in [-0.05, 0) is 12.1 Å². The van der Waals surface area contributed by atoms with Gasteiger partial charge >= 0.3 is 0 Å². The fraction of sp³-hybridized carbons (Fsp3) is 0.273. The SMILES string of the molecule is CN=C1SCCN=C1c1ccc(Cl)cc1. The molecule has 0 saturated carbocycles. The van der Waals surface area contributed by atoms with Crippen LogP contribution in [0.15, 0.2) is 34.3 Å². The smallest absolute Gasteiger partial charge is 0.116 e. The highest BCUT2D eigenvalue weighted by Gasteiger charge is 2.15. The lowest BCUT2D eigenvalue weighted by molar-refractivity contribution is 1.15. The van der Waals surface area contributed by atoms with Crippen molar-refractivity contribution in [2.75, 3.05) is 19.3 Å². The topological polar surface area (TPSA) is 24.7 Å². The van der Waals surface area contributed by atoms with Gasteiger partial charge in [0, 0.05) is 29.9 Å². The summed E-state index contributed by atoms with van der Waals surface area (Å²) >= 11 is 7.60. The van der Waals surface area contributed by atoms with E-state index in [-0.39, 0.29) is 0 Å². The van der Waals surface area contributed by atoms with Crippen LogP contribution in [0.4, 0.5) is 0 Å². The third-order valence-electron chi connectivity index (χ3n) is 2.12. The van der Waals surface area contributed by atoms with Gasteiger partial charge in [-0.1, -0.05) is 23.7 Å². The Balaban J connectivity index is 2.37. The van der Waals surface area contributed by atoms with Crippen molar-refractivity contribution >= 4 is 34.1 Å². The van der Waals surface area contributed by atoms with Crippen LogP contribution in [-0.2, 0) is 0 Å². The highest BCUT2D eigenvalue weighted by atomic mass is 35.5. The number of rotatable bonds is 1. The fourth-order valence-corrected chi connectivity index (χ4v) is 2.38. The predicted molar refractivity (Wildman–Crippen MR) is 68.7 cm³/mol. The molecule has 0 aliphatic carbocycles. The molecule has 1 heterocycles. The van der Waals surface area contributed by atoms with Gasteiger partial charge in [0.1, 0.15) is 5.04 Å². The van der Waals surface area contributed by atoms with E-state index in [1.54, 1.807) is 18.8 Å². The summed E-state index contributed by atoms with van der Waals surface area (Å²) in [7, 11) is 1.80. The Labute approximate surface area is 98.5 Å². The van der Waals surface area contributed by atoms with Gasteiger partial charge in [0.15, 0.2) is 0 Å². The molecule has 1 aromatic carbocycles. The molecular formula is C11H11ClN2S. The lowest BCUT2D eigenvalue weighted by Crippen LogP contribution is -2.18. The maximum absolute atomic E-state index is 5.85. The summed E-state index contributed by atoms with van der Waals surface area (Å²) in [6.07, 6.45) is 0. The van der Waals surface area contributed by atoms with Crippen LogP contribution in [0.2, 0.25) is 5.02 Å². The first-order chi connectivity index (χ1) is 7.31. The zero-order valence-corrected chi connectivity index (χ0v) is 9.98. The summed E-state index contributed by atoms with van der Waals surface area (Å²) in [5.41, 5.74) is 2.08. The van der Waals surface area contributed by atoms with Crippen molar-refractivity contribution in [1.29, 1.82) is 0 Å². The van der Waals surface area contributed by atoms with E-state index < -0.39 is 0 Å². The van der Waals surface area contributed by atoms with Crippen LogP contribution in [0.1, 0.15) is 5.56 Å². The molecule has 0 fully saturated rings. The summed E-state index contributed by atoms with van der Waals surface area (Å²) < 4.78 is 0. The largest absolute Gasteiger partial charge is 0.281 e. The van der Waals surface area contributed by atoms with Crippen LogP contribution < -0.4 is 0 Å². The van der Waals surface area contributed by atoms with Crippen molar-refractivity contribution in [1.82, 2.24) is 0 Å². The van der Waals surface area contributed by atoms with Crippen LogP contribution in [0.3, 0.4) is 0 Å². The second-order valence-corrected chi connectivity index (χ2v) is 4.63. The van der Waals surface area contributed by atoms with E-state index in [0.717, 1.165) is 33.6 Å². The van der Waals surface area contributed by atoms with Crippen molar-refractivity contribution < 1.29 is 0 Å². The Hall–Kier alpha value is -0.800. The molecule has 0 radical (unpaired) electrons. The standard InChI is InChI=1S/C11H11ClN2S/c1-13-11-10(14-6-7-15-11)8-2-4-9(12)5-3-8/h2-5H,6-7H2,1H3. The number of hydrogen-bond donors (Lipinski definition) is 0. The minimum Gasteiger partial charge on any atom is -0.281 e. The van der Waals surface area contributed by atoms with Gasteiger partial charge in [-0.3, -0.25) is 9.98 Å². The van der Waals surface area contributed by atoms with Gasteiger partial charge in [0.25, 0.3) is 0 Å². The molecule has 4 heteroatoms. The summed E-state index contributed by atoms with van der Waals surface area (Å²) in [6.45, 7) is 0.863. The molecule has 0 N–H and O–H groups in total. The summed E-state index contributed by atoms with van der Waals surface area (Å²) in [6, 6.07) is 7.73. The lowest BCUT2D eigenvalue weighted by atomic mass is 10.1. The molecule has 1 aliphatic heterocycles. The van der Waals surface area contributed by atoms with E-state index in [1.165, 1.54) is 0 Å². The van der Waals surface area contributed by atoms with Crippen LogP contribution in [0, 0.1) is 0 Å². The van der Waals surface area contributed by atoms with Gasteiger partial charge in [-0.15, -0.1) is 11.8 Å².